The van der Waals surface area contributed by atoms with Crippen molar-refractivity contribution in [2.24, 2.45) is 0 Å². The zero-order valence-electron chi connectivity index (χ0n) is 11.1. The van der Waals surface area contributed by atoms with E-state index >= 15 is 0 Å². The van der Waals surface area contributed by atoms with E-state index in [9.17, 15) is 9.18 Å². The van der Waals surface area contributed by atoms with E-state index in [1.165, 1.54) is 4.68 Å². The first kappa shape index (κ1) is 12.7. The highest BCUT2D eigenvalue weighted by molar-refractivity contribution is 6.05. The molecule has 0 saturated carbocycles. The van der Waals surface area contributed by atoms with Crippen molar-refractivity contribution in [2.45, 2.75) is 25.6 Å². The highest BCUT2D eigenvalue weighted by Crippen LogP contribution is 2.39. The third kappa shape index (κ3) is 1.95. The zero-order chi connectivity index (χ0) is 14.3. The summed E-state index contributed by atoms with van der Waals surface area (Å²) in [5, 5.41) is 4.18. The Hall–Kier alpha value is -2.30. The van der Waals surface area contributed by atoms with E-state index in [0.29, 0.717) is 12.0 Å². The van der Waals surface area contributed by atoms with Crippen molar-refractivity contribution in [3.63, 3.8) is 0 Å². The minimum absolute atomic E-state index is 0.0239. The molecule has 0 amide bonds. The molecule has 1 aliphatic rings. The molecule has 3 rings (SSSR count). The van der Waals surface area contributed by atoms with E-state index in [1.54, 1.807) is 6.92 Å². The summed E-state index contributed by atoms with van der Waals surface area (Å²) in [6, 6.07) is 9.35. The van der Waals surface area contributed by atoms with Gasteiger partial charge >= 0.3 is 0 Å². The summed E-state index contributed by atoms with van der Waals surface area (Å²) in [6.45, 7) is 5.17. The number of fused-ring (bicyclic) bond motifs is 1. The lowest BCUT2D eigenvalue weighted by atomic mass is 10.0. The molecule has 0 bridgehead atoms. The van der Waals surface area contributed by atoms with Crippen molar-refractivity contribution in [1.29, 1.82) is 0 Å². The van der Waals surface area contributed by atoms with Crippen LogP contribution in [0.3, 0.4) is 0 Å². The molecule has 0 aliphatic carbocycles. The summed E-state index contributed by atoms with van der Waals surface area (Å²) >= 11 is 0. The number of aromatic nitrogens is 3. The lowest BCUT2D eigenvalue weighted by Gasteiger charge is -2.11. The first-order chi connectivity index (χ1) is 9.58. The molecule has 1 aromatic heterocycles. The van der Waals surface area contributed by atoms with Crippen LogP contribution in [0, 0.1) is 0 Å². The normalized spacial score (nSPS) is 20.7. The van der Waals surface area contributed by atoms with Gasteiger partial charge in [0.15, 0.2) is 12.0 Å². The molecule has 0 fully saturated rings. The average Bonchev–Trinajstić information content (AvgIpc) is 3.00. The molecule has 1 aromatic carbocycles. The van der Waals surface area contributed by atoms with Gasteiger partial charge in [0, 0.05) is 6.42 Å². The molecule has 2 heterocycles. The summed E-state index contributed by atoms with van der Waals surface area (Å²) < 4.78 is 15.6. The maximum Gasteiger partial charge on any atom is 0.227 e. The molecule has 102 valence electrons. The number of hydrogen-bond donors (Lipinski definition) is 0. The van der Waals surface area contributed by atoms with Crippen molar-refractivity contribution in [3.05, 3.63) is 59.7 Å². The Kier molecular flexibility index (Phi) is 2.97. The quantitative estimate of drug-likeness (QED) is 0.636. The van der Waals surface area contributed by atoms with Crippen molar-refractivity contribution in [2.75, 3.05) is 0 Å². The largest absolute Gasteiger partial charge is 0.285 e. The van der Waals surface area contributed by atoms with Crippen molar-refractivity contribution < 1.29 is 9.18 Å². The highest BCUT2D eigenvalue weighted by atomic mass is 19.1. The third-order valence-corrected chi connectivity index (χ3v) is 3.44. The monoisotopic (exact) mass is 271 g/mol. The van der Waals surface area contributed by atoms with E-state index in [1.807, 2.05) is 30.3 Å². The highest BCUT2D eigenvalue weighted by Gasteiger charge is 2.36. The number of Topliss-reactive ketones (excluding diaryl/α,β-unsaturated/α-hetero) is 1. The maximum atomic E-state index is 14.1. The molecule has 20 heavy (non-hydrogen) atoms. The number of ketones is 1. The van der Waals surface area contributed by atoms with Crippen LogP contribution < -0.4 is 0 Å². The third-order valence-electron chi connectivity index (χ3n) is 3.44. The molecule has 0 N–H and O–H groups in total. The van der Waals surface area contributed by atoms with Gasteiger partial charge in [0.1, 0.15) is 0 Å². The van der Waals surface area contributed by atoms with Crippen LogP contribution in [0.5, 0.6) is 0 Å². The number of carbonyl (C=O) groups excluding carboxylic acids is 1. The lowest BCUT2D eigenvalue weighted by molar-refractivity contribution is 0.102. The van der Waals surface area contributed by atoms with Gasteiger partial charge in [-0.2, -0.15) is 0 Å². The van der Waals surface area contributed by atoms with Gasteiger partial charge in [0.25, 0.3) is 0 Å². The van der Waals surface area contributed by atoms with Crippen molar-refractivity contribution in [1.82, 2.24) is 14.8 Å². The predicted molar refractivity (Wildman–Crippen MR) is 72.2 cm³/mol. The molecular weight excluding hydrogens is 257 g/mol. The number of rotatable bonds is 3. The SMILES string of the molecule is C=C(C)C(=O)c1nc2n(n1)[C@H](c1ccccc1)C[C@@H]2F. The Bertz CT molecular complexity index is 678. The first-order valence-electron chi connectivity index (χ1n) is 6.43. The molecule has 4 nitrogen and oxygen atoms in total. The van der Waals surface area contributed by atoms with Crippen LogP contribution in [-0.2, 0) is 0 Å². The molecule has 0 spiro atoms. The number of allylic oxidation sites excluding steroid dienone is 1. The number of nitrogens with zero attached hydrogens (tertiary/aromatic N) is 3. The van der Waals surface area contributed by atoms with E-state index in [0.717, 1.165) is 5.56 Å². The fraction of sp³-hybridized carbons (Fsp3) is 0.267. The smallest absolute Gasteiger partial charge is 0.227 e. The molecule has 2 atom stereocenters. The number of hydrogen-bond acceptors (Lipinski definition) is 3. The Labute approximate surface area is 116 Å². The van der Waals surface area contributed by atoms with E-state index in [-0.39, 0.29) is 23.5 Å². The van der Waals surface area contributed by atoms with Gasteiger partial charge in [-0.15, -0.1) is 5.10 Å². The fourth-order valence-corrected chi connectivity index (χ4v) is 2.42. The standard InChI is InChI=1S/C15H14FN3O/c1-9(2)13(20)14-17-15-11(16)8-12(19(15)18-14)10-6-4-3-5-7-10/h3-7,11-12H,1,8H2,2H3/t11-,12-/m0/s1. The molecule has 1 aliphatic heterocycles. The van der Waals surface area contributed by atoms with E-state index in [2.05, 4.69) is 16.7 Å². The molecule has 0 saturated heterocycles. The van der Waals surface area contributed by atoms with Gasteiger partial charge in [0.2, 0.25) is 11.6 Å². The van der Waals surface area contributed by atoms with Crippen LogP contribution in [0.1, 0.15) is 47.6 Å². The van der Waals surface area contributed by atoms with Gasteiger partial charge in [-0.1, -0.05) is 36.9 Å². The van der Waals surface area contributed by atoms with Gasteiger partial charge in [-0.05, 0) is 18.1 Å². The average molecular weight is 271 g/mol. The van der Waals surface area contributed by atoms with Gasteiger partial charge in [-0.25, -0.2) is 14.1 Å². The summed E-state index contributed by atoms with van der Waals surface area (Å²) in [5.41, 5.74) is 1.31. The van der Waals surface area contributed by atoms with Crippen molar-refractivity contribution >= 4 is 5.78 Å². The number of halogens is 1. The van der Waals surface area contributed by atoms with Gasteiger partial charge in [0.05, 0.1) is 6.04 Å². The number of carbonyl (C=O) groups is 1. The Morgan fingerprint density at radius 2 is 2.10 bits per heavy atom. The first-order valence-corrected chi connectivity index (χ1v) is 6.43. The summed E-state index contributed by atoms with van der Waals surface area (Å²) in [5.74, 6) is -0.0925. The Morgan fingerprint density at radius 3 is 2.75 bits per heavy atom. The molecule has 0 unspecified atom stereocenters. The van der Waals surface area contributed by atoms with Gasteiger partial charge < -0.3 is 0 Å². The predicted octanol–water partition coefficient (Wildman–Crippen LogP) is 3.04. The maximum absolute atomic E-state index is 14.1. The summed E-state index contributed by atoms with van der Waals surface area (Å²) in [6.07, 6.45) is -0.889. The Balaban J connectivity index is 2.02. The second-order valence-electron chi connectivity index (χ2n) is 4.98. The number of alkyl halides is 1. The minimum atomic E-state index is -1.20. The minimum Gasteiger partial charge on any atom is -0.285 e. The van der Waals surface area contributed by atoms with Crippen LogP contribution >= 0.6 is 0 Å². The van der Waals surface area contributed by atoms with Crippen LogP contribution in [0.15, 0.2) is 42.5 Å². The lowest BCUT2D eigenvalue weighted by Crippen LogP contribution is -2.10. The molecule has 0 radical (unpaired) electrons. The molecule has 2 aromatic rings. The topological polar surface area (TPSA) is 47.8 Å². The van der Waals surface area contributed by atoms with E-state index in [4.69, 9.17) is 0 Å². The van der Waals surface area contributed by atoms with Gasteiger partial charge in [-0.3, -0.25) is 4.79 Å². The molecular formula is C15H14FN3O. The second-order valence-corrected chi connectivity index (χ2v) is 4.98. The van der Waals surface area contributed by atoms with Crippen LogP contribution in [0.25, 0.3) is 0 Å². The fourth-order valence-electron chi connectivity index (χ4n) is 2.42. The summed E-state index contributed by atoms with van der Waals surface area (Å²) in [4.78, 5) is 15.9. The molecule has 5 heteroatoms. The van der Waals surface area contributed by atoms with Crippen molar-refractivity contribution in [3.8, 4) is 0 Å². The van der Waals surface area contributed by atoms with Crippen LogP contribution in [0.4, 0.5) is 4.39 Å². The Morgan fingerprint density at radius 1 is 1.40 bits per heavy atom. The van der Waals surface area contributed by atoms with E-state index < -0.39 is 6.17 Å². The zero-order valence-corrected chi connectivity index (χ0v) is 11.1. The summed E-state index contributed by atoms with van der Waals surface area (Å²) in [7, 11) is 0. The number of benzene rings is 1. The second kappa shape index (κ2) is 4.67. The van der Waals surface area contributed by atoms with Crippen LogP contribution in [-0.4, -0.2) is 20.5 Å². The van der Waals surface area contributed by atoms with Crippen LogP contribution in [0.2, 0.25) is 0 Å².